The number of aromatic nitrogens is 1. The van der Waals surface area contributed by atoms with Gasteiger partial charge in [0, 0.05) is 25.4 Å². The number of carbonyl (C=O) groups excluding carboxylic acids is 1. The van der Waals surface area contributed by atoms with Crippen LogP contribution >= 0.6 is 11.3 Å². The van der Waals surface area contributed by atoms with Gasteiger partial charge in [-0.15, -0.1) is 11.3 Å². The molecule has 0 aliphatic carbocycles. The summed E-state index contributed by atoms with van der Waals surface area (Å²) in [6, 6.07) is 13.6. The number of hydrogen-bond donors (Lipinski definition) is 1. The maximum atomic E-state index is 13.4. The first kappa shape index (κ1) is 21.3. The van der Waals surface area contributed by atoms with E-state index in [1.165, 1.54) is 16.9 Å². The van der Waals surface area contributed by atoms with Crippen molar-refractivity contribution in [3.63, 3.8) is 0 Å². The number of ether oxygens (including phenoxy) is 1. The van der Waals surface area contributed by atoms with Crippen molar-refractivity contribution in [2.75, 3.05) is 20.3 Å². The topological polar surface area (TPSA) is 59.8 Å². The van der Waals surface area contributed by atoms with Crippen molar-refractivity contribution in [1.29, 1.82) is 0 Å². The molecule has 0 aliphatic heterocycles. The Morgan fingerprint density at radius 1 is 1.13 bits per heavy atom. The molecule has 4 aromatic rings. The fourth-order valence-corrected chi connectivity index (χ4v) is 4.64. The predicted octanol–water partition coefficient (Wildman–Crippen LogP) is 4.85. The lowest BCUT2D eigenvalue weighted by atomic mass is 9.86. The van der Waals surface area contributed by atoms with Gasteiger partial charge in [0.15, 0.2) is 0 Å². The summed E-state index contributed by atoms with van der Waals surface area (Å²) in [6.45, 7) is 7.29. The summed E-state index contributed by atoms with van der Waals surface area (Å²) < 4.78 is 7.57. The first-order chi connectivity index (χ1) is 14.8. The highest BCUT2D eigenvalue weighted by molar-refractivity contribution is 7.18. The Bertz CT molecular complexity index is 1310. The second-order valence-electron chi connectivity index (χ2n) is 8.59. The monoisotopic (exact) mass is 434 g/mol. The zero-order chi connectivity index (χ0) is 22.2. The summed E-state index contributed by atoms with van der Waals surface area (Å²) in [7, 11) is 1.60. The first-order valence-corrected chi connectivity index (χ1v) is 11.1. The maximum Gasteiger partial charge on any atom is 0.263 e. The van der Waals surface area contributed by atoms with Crippen LogP contribution < -0.4 is 10.9 Å². The minimum absolute atomic E-state index is 0.0220. The molecule has 0 saturated heterocycles. The van der Waals surface area contributed by atoms with Gasteiger partial charge in [-0.2, -0.15) is 0 Å². The zero-order valence-electron chi connectivity index (χ0n) is 18.2. The molecule has 4 rings (SSSR count). The number of benzene rings is 1. The Balaban J connectivity index is 1.93. The van der Waals surface area contributed by atoms with Gasteiger partial charge in [0.1, 0.15) is 0 Å². The number of rotatable bonds is 5. The highest BCUT2D eigenvalue weighted by atomic mass is 32.1. The van der Waals surface area contributed by atoms with Crippen LogP contribution in [0, 0.1) is 0 Å². The van der Waals surface area contributed by atoms with Crippen molar-refractivity contribution in [2.45, 2.75) is 26.2 Å². The van der Waals surface area contributed by atoms with Crippen molar-refractivity contribution >= 4 is 32.8 Å². The van der Waals surface area contributed by atoms with Gasteiger partial charge in [-0.25, -0.2) is 0 Å². The predicted molar refractivity (Wildman–Crippen MR) is 127 cm³/mol. The molecule has 0 atom stereocenters. The summed E-state index contributed by atoms with van der Waals surface area (Å²) in [5.74, 6) is -0.219. The number of fused-ring (bicyclic) bond motifs is 3. The second-order valence-corrected chi connectivity index (χ2v) is 9.51. The Morgan fingerprint density at radius 2 is 1.87 bits per heavy atom. The van der Waals surface area contributed by atoms with Gasteiger partial charge in [0.25, 0.3) is 11.5 Å². The number of methoxy groups -OCH3 is 1. The van der Waals surface area contributed by atoms with E-state index in [1.54, 1.807) is 23.8 Å². The Hall–Kier alpha value is -2.96. The molecule has 3 heterocycles. The summed E-state index contributed by atoms with van der Waals surface area (Å²) in [5, 5.41) is 5.89. The molecule has 0 bridgehead atoms. The van der Waals surface area contributed by atoms with Gasteiger partial charge < -0.3 is 10.1 Å². The normalized spacial score (nSPS) is 11.9. The molecule has 1 aromatic carbocycles. The molecule has 0 unspecified atom stereocenters. The standard InChI is InChI=1S/C25H26N2O3S/c1-25(2,3)18-7-5-16(6-8-18)19-15-20(23(28)26-11-13-30-4)21-22-17(10-14-31-22)9-12-27(21)24(19)29/h5-10,12,14-15H,11,13H2,1-4H3,(H,26,28). The molecule has 0 saturated carbocycles. The minimum Gasteiger partial charge on any atom is -0.383 e. The van der Waals surface area contributed by atoms with Crippen molar-refractivity contribution in [1.82, 2.24) is 9.72 Å². The second kappa shape index (κ2) is 8.29. The molecule has 31 heavy (non-hydrogen) atoms. The van der Waals surface area contributed by atoms with Gasteiger partial charge in [0.05, 0.1) is 22.4 Å². The minimum atomic E-state index is -0.219. The van der Waals surface area contributed by atoms with Crippen LogP contribution in [-0.4, -0.2) is 30.6 Å². The lowest BCUT2D eigenvalue weighted by Crippen LogP contribution is -2.29. The lowest BCUT2D eigenvalue weighted by molar-refractivity contribution is 0.0938. The number of amides is 1. The number of carbonyl (C=O) groups is 1. The molecule has 160 valence electrons. The molecule has 1 N–H and O–H groups in total. The average molecular weight is 435 g/mol. The van der Waals surface area contributed by atoms with E-state index in [2.05, 4.69) is 26.1 Å². The molecule has 5 nitrogen and oxygen atoms in total. The van der Waals surface area contributed by atoms with E-state index in [0.717, 1.165) is 15.6 Å². The molecule has 0 spiro atoms. The van der Waals surface area contributed by atoms with Gasteiger partial charge in [-0.1, -0.05) is 45.0 Å². The highest BCUT2D eigenvalue weighted by Crippen LogP contribution is 2.30. The molecule has 6 heteroatoms. The molecule has 0 fully saturated rings. The van der Waals surface area contributed by atoms with E-state index in [0.29, 0.717) is 29.8 Å². The van der Waals surface area contributed by atoms with E-state index in [1.807, 2.05) is 41.8 Å². The average Bonchev–Trinajstić information content (AvgIpc) is 3.23. The third-order valence-corrected chi connectivity index (χ3v) is 6.38. The Labute approximate surface area is 185 Å². The van der Waals surface area contributed by atoms with E-state index in [-0.39, 0.29) is 16.9 Å². The Morgan fingerprint density at radius 3 is 2.55 bits per heavy atom. The van der Waals surface area contributed by atoms with Crippen LogP contribution in [0.15, 0.2) is 58.8 Å². The van der Waals surface area contributed by atoms with E-state index in [4.69, 9.17) is 4.74 Å². The number of nitrogens with zero attached hydrogens (tertiary/aromatic N) is 1. The van der Waals surface area contributed by atoms with Crippen molar-refractivity contribution in [2.24, 2.45) is 0 Å². The van der Waals surface area contributed by atoms with Crippen LogP contribution in [0.5, 0.6) is 0 Å². The molecule has 0 aliphatic rings. The molecular formula is C25H26N2O3S. The zero-order valence-corrected chi connectivity index (χ0v) is 19.0. The maximum absolute atomic E-state index is 13.4. The molecule has 1 amide bonds. The summed E-state index contributed by atoms with van der Waals surface area (Å²) in [6.07, 6.45) is 1.76. The first-order valence-electron chi connectivity index (χ1n) is 10.2. The molecular weight excluding hydrogens is 408 g/mol. The van der Waals surface area contributed by atoms with E-state index < -0.39 is 0 Å². The van der Waals surface area contributed by atoms with Crippen molar-refractivity contribution in [3.05, 3.63) is 75.5 Å². The summed E-state index contributed by atoms with van der Waals surface area (Å²) in [5.41, 5.74) is 3.50. The van der Waals surface area contributed by atoms with E-state index >= 15 is 0 Å². The highest BCUT2D eigenvalue weighted by Gasteiger charge is 2.20. The lowest BCUT2D eigenvalue weighted by Gasteiger charge is -2.19. The van der Waals surface area contributed by atoms with Crippen LogP contribution in [0.2, 0.25) is 0 Å². The van der Waals surface area contributed by atoms with E-state index in [9.17, 15) is 9.59 Å². The van der Waals surface area contributed by atoms with Crippen LogP contribution in [0.1, 0.15) is 36.7 Å². The smallest absolute Gasteiger partial charge is 0.263 e. The quantitative estimate of drug-likeness (QED) is 0.457. The van der Waals surface area contributed by atoms with Crippen LogP contribution in [0.3, 0.4) is 0 Å². The SMILES string of the molecule is COCCNC(=O)c1cc(-c2ccc(C(C)(C)C)cc2)c(=O)n2ccc3ccsc3c12. The number of pyridine rings is 2. The van der Waals surface area contributed by atoms with Gasteiger partial charge in [-0.3, -0.25) is 14.0 Å². The van der Waals surface area contributed by atoms with Gasteiger partial charge in [0.2, 0.25) is 0 Å². The van der Waals surface area contributed by atoms with Crippen LogP contribution in [-0.2, 0) is 10.2 Å². The summed E-state index contributed by atoms with van der Waals surface area (Å²) in [4.78, 5) is 26.5. The fourth-order valence-electron chi connectivity index (χ4n) is 3.70. The summed E-state index contributed by atoms with van der Waals surface area (Å²) >= 11 is 1.53. The third-order valence-electron chi connectivity index (χ3n) is 5.45. The number of nitrogens with one attached hydrogen (secondary N) is 1. The fraction of sp³-hybridized carbons (Fsp3) is 0.280. The van der Waals surface area contributed by atoms with Crippen molar-refractivity contribution < 1.29 is 9.53 Å². The van der Waals surface area contributed by atoms with Gasteiger partial charge in [-0.05, 0) is 45.5 Å². The van der Waals surface area contributed by atoms with Crippen LogP contribution in [0.4, 0.5) is 0 Å². The van der Waals surface area contributed by atoms with Crippen LogP contribution in [0.25, 0.3) is 26.7 Å². The number of hydrogen-bond acceptors (Lipinski definition) is 4. The molecule has 0 radical (unpaired) electrons. The Kier molecular flexibility index (Phi) is 5.69. The largest absolute Gasteiger partial charge is 0.383 e. The van der Waals surface area contributed by atoms with Crippen molar-refractivity contribution in [3.8, 4) is 11.1 Å². The third kappa shape index (κ3) is 4.01. The molecule has 3 aromatic heterocycles. The number of thiophene rings is 1. The van der Waals surface area contributed by atoms with Gasteiger partial charge >= 0.3 is 0 Å².